The maximum absolute atomic E-state index is 12.8. The summed E-state index contributed by atoms with van der Waals surface area (Å²) >= 11 is 0. The van der Waals surface area contributed by atoms with E-state index in [1.807, 2.05) is 31.2 Å². The van der Waals surface area contributed by atoms with Gasteiger partial charge >= 0.3 is 0 Å². The third-order valence-corrected chi connectivity index (χ3v) is 4.63. The van der Waals surface area contributed by atoms with E-state index in [1.165, 1.54) is 4.90 Å². The fourth-order valence-corrected chi connectivity index (χ4v) is 3.56. The van der Waals surface area contributed by atoms with Gasteiger partial charge in [0.05, 0.1) is 17.5 Å². The molecule has 2 amide bonds. The van der Waals surface area contributed by atoms with E-state index in [0.717, 1.165) is 18.4 Å². The molecule has 3 heteroatoms. The minimum Gasteiger partial charge on any atom is -0.274 e. The Labute approximate surface area is 125 Å². The number of hydrogen-bond acceptors (Lipinski definition) is 2. The molecule has 1 fully saturated rings. The van der Waals surface area contributed by atoms with E-state index in [4.69, 9.17) is 0 Å². The summed E-state index contributed by atoms with van der Waals surface area (Å²) < 4.78 is 0. The van der Waals surface area contributed by atoms with Gasteiger partial charge in [0.1, 0.15) is 0 Å². The first-order valence-corrected chi connectivity index (χ1v) is 7.74. The number of benzene rings is 1. The zero-order valence-corrected chi connectivity index (χ0v) is 12.6. The quantitative estimate of drug-likeness (QED) is 0.629. The van der Waals surface area contributed by atoms with Crippen molar-refractivity contribution in [1.29, 1.82) is 0 Å². The highest BCUT2D eigenvalue weighted by atomic mass is 16.2. The molecule has 3 rings (SSSR count). The van der Waals surface area contributed by atoms with Gasteiger partial charge in [-0.15, -0.1) is 0 Å². The Kier molecular flexibility index (Phi) is 3.66. The molecule has 1 aliphatic carbocycles. The van der Waals surface area contributed by atoms with Gasteiger partial charge in [0.2, 0.25) is 11.8 Å². The largest absolute Gasteiger partial charge is 0.274 e. The topological polar surface area (TPSA) is 37.4 Å². The van der Waals surface area contributed by atoms with Gasteiger partial charge in [0.25, 0.3) is 0 Å². The molecule has 3 unspecified atom stereocenters. The van der Waals surface area contributed by atoms with Crippen molar-refractivity contribution in [3.63, 3.8) is 0 Å². The normalized spacial score (nSPS) is 28.1. The van der Waals surface area contributed by atoms with Crippen molar-refractivity contribution in [2.24, 2.45) is 17.8 Å². The second kappa shape index (κ2) is 5.47. The number of aryl methyl sites for hydroxylation is 1. The number of rotatable bonds is 3. The van der Waals surface area contributed by atoms with Gasteiger partial charge in [0.15, 0.2) is 0 Å². The Balaban J connectivity index is 1.94. The van der Waals surface area contributed by atoms with Crippen LogP contribution in [0.5, 0.6) is 0 Å². The Morgan fingerprint density at radius 2 is 1.86 bits per heavy atom. The zero-order valence-electron chi connectivity index (χ0n) is 12.6. The molecule has 1 aromatic carbocycles. The Morgan fingerprint density at radius 3 is 2.52 bits per heavy atom. The van der Waals surface area contributed by atoms with Crippen LogP contribution >= 0.6 is 0 Å². The number of allylic oxidation sites excluding steroid dienone is 2. The molecule has 110 valence electrons. The van der Waals surface area contributed by atoms with Crippen LogP contribution in [-0.2, 0) is 9.59 Å². The predicted molar refractivity (Wildman–Crippen MR) is 82.8 cm³/mol. The number of imide groups is 1. The predicted octanol–water partition coefficient (Wildman–Crippen LogP) is 3.48. The molecule has 21 heavy (non-hydrogen) atoms. The Morgan fingerprint density at radius 1 is 1.14 bits per heavy atom. The number of anilines is 1. The summed E-state index contributed by atoms with van der Waals surface area (Å²) in [4.78, 5) is 26.9. The molecule has 3 nitrogen and oxygen atoms in total. The number of amides is 2. The fraction of sp³-hybridized carbons (Fsp3) is 0.444. The number of fused-ring (bicyclic) bond motifs is 1. The van der Waals surface area contributed by atoms with Crippen LogP contribution < -0.4 is 4.90 Å². The minimum atomic E-state index is -0.166. The molecule has 0 aromatic heterocycles. The highest BCUT2D eigenvalue weighted by Gasteiger charge is 2.51. The molecule has 1 heterocycles. The van der Waals surface area contributed by atoms with Crippen molar-refractivity contribution < 1.29 is 9.59 Å². The molecule has 3 atom stereocenters. The van der Waals surface area contributed by atoms with Crippen molar-refractivity contribution in [2.45, 2.75) is 33.1 Å². The van der Waals surface area contributed by atoms with Gasteiger partial charge in [-0.05, 0) is 37.8 Å². The van der Waals surface area contributed by atoms with Gasteiger partial charge in [-0.2, -0.15) is 0 Å². The first kappa shape index (κ1) is 14.1. The van der Waals surface area contributed by atoms with Gasteiger partial charge in [-0.25, -0.2) is 0 Å². The molecule has 1 saturated heterocycles. The van der Waals surface area contributed by atoms with Crippen LogP contribution in [-0.4, -0.2) is 11.8 Å². The van der Waals surface area contributed by atoms with Crippen LogP contribution in [0.25, 0.3) is 0 Å². The summed E-state index contributed by atoms with van der Waals surface area (Å²) in [5.41, 5.74) is 1.83. The summed E-state index contributed by atoms with van der Waals surface area (Å²) in [6.45, 7) is 4.12. The fourth-order valence-electron chi connectivity index (χ4n) is 3.56. The first-order chi connectivity index (χ1) is 10.1. The van der Waals surface area contributed by atoms with Crippen molar-refractivity contribution in [3.8, 4) is 0 Å². The van der Waals surface area contributed by atoms with Crippen LogP contribution in [0, 0.1) is 24.7 Å². The molecule has 0 N–H and O–H groups in total. The number of hydrogen-bond donors (Lipinski definition) is 0. The van der Waals surface area contributed by atoms with Crippen LogP contribution in [0.2, 0.25) is 0 Å². The van der Waals surface area contributed by atoms with Crippen molar-refractivity contribution in [3.05, 3.63) is 42.0 Å². The molecule has 2 aliphatic rings. The van der Waals surface area contributed by atoms with E-state index in [0.29, 0.717) is 12.1 Å². The van der Waals surface area contributed by atoms with E-state index in [9.17, 15) is 9.59 Å². The van der Waals surface area contributed by atoms with Crippen LogP contribution in [0.3, 0.4) is 0 Å². The van der Waals surface area contributed by atoms with Gasteiger partial charge in [-0.3, -0.25) is 14.5 Å². The number of nitrogens with zero attached hydrogens (tertiary/aromatic N) is 1. The van der Waals surface area contributed by atoms with Crippen LogP contribution in [0.15, 0.2) is 36.4 Å². The summed E-state index contributed by atoms with van der Waals surface area (Å²) in [7, 11) is 0. The van der Waals surface area contributed by atoms with Crippen molar-refractivity contribution in [2.75, 3.05) is 4.90 Å². The zero-order chi connectivity index (χ0) is 15.0. The van der Waals surface area contributed by atoms with Crippen LogP contribution in [0.4, 0.5) is 5.69 Å². The average molecular weight is 283 g/mol. The minimum absolute atomic E-state index is 0.0170. The van der Waals surface area contributed by atoms with E-state index in [-0.39, 0.29) is 29.6 Å². The molecule has 1 aliphatic heterocycles. The lowest BCUT2D eigenvalue weighted by Crippen LogP contribution is -2.32. The molecule has 1 aromatic rings. The Hall–Kier alpha value is -1.90. The first-order valence-electron chi connectivity index (χ1n) is 7.74. The SMILES string of the molecule is CCCC1C=CCC2C(=O)N(c3ccc(C)cc3)C(=O)C12. The summed E-state index contributed by atoms with van der Waals surface area (Å²) in [5.74, 6) is -0.166. The van der Waals surface area contributed by atoms with E-state index in [2.05, 4.69) is 19.1 Å². The van der Waals surface area contributed by atoms with Gasteiger partial charge in [0, 0.05) is 0 Å². The Bertz CT molecular complexity index is 588. The van der Waals surface area contributed by atoms with E-state index >= 15 is 0 Å². The van der Waals surface area contributed by atoms with Crippen LogP contribution in [0.1, 0.15) is 31.7 Å². The van der Waals surface area contributed by atoms with E-state index < -0.39 is 0 Å². The maximum Gasteiger partial charge on any atom is 0.238 e. The summed E-state index contributed by atoms with van der Waals surface area (Å²) in [6, 6.07) is 7.62. The summed E-state index contributed by atoms with van der Waals surface area (Å²) in [5, 5.41) is 0. The third kappa shape index (κ3) is 2.31. The molecule has 0 spiro atoms. The lowest BCUT2D eigenvalue weighted by atomic mass is 9.75. The second-order valence-electron chi connectivity index (χ2n) is 6.10. The number of carbonyl (C=O) groups is 2. The molecule has 0 bridgehead atoms. The summed E-state index contributed by atoms with van der Waals surface area (Å²) in [6.07, 6.45) is 6.90. The lowest BCUT2D eigenvalue weighted by molar-refractivity contribution is -0.122. The van der Waals surface area contributed by atoms with Gasteiger partial charge < -0.3 is 0 Å². The van der Waals surface area contributed by atoms with E-state index in [1.54, 1.807) is 0 Å². The molecule has 0 radical (unpaired) electrons. The van der Waals surface area contributed by atoms with Crippen molar-refractivity contribution >= 4 is 17.5 Å². The third-order valence-electron chi connectivity index (χ3n) is 4.63. The molecular weight excluding hydrogens is 262 g/mol. The average Bonchev–Trinajstić information content (AvgIpc) is 2.74. The maximum atomic E-state index is 12.8. The highest BCUT2D eigenvalue weighted by Crippen LogP contribution is 2.42. The molecule has 0 saturated carbocycles. The second-order valence-corrected chi connectivity index (χ2v) is 6.10. The monoisotopic (exact) mass is 283 g/mol. The highest BCUT2D eigenvalue weighted by molar-refractivity contribution is 6.22. The molecular formula is C18H21NO2. The number of carbonyl (C=O) groups excluding carboxylic acids is 2. The smallest absolute Gasteiger partial charge is 0.238 e. The van der Waals surface area contributed by atoms with Crippen molar-refractivity contribution in [1.82, 2.24) is 0 Å². The standard InChI is InChI=1S/C18H21NO2/c1-3-5-13-6-4-7-15-16(13)18(21)19(17(15)20)14-10-8-12(2)9-11-14/h4,6,8-11,13,15-16H,3,5,7H2,1-2H3. The lowest BCUT2D eigenvalue weighted by Gasteiger charge is -2.25. The van der Waals surface area contributed by atoms with Gasteiger partial charge in [-0.1, -0.05) is 43.2 Å².